The van der Waals surface area contributed by atoms with Crippen LogP contribution in [0.1, 0.15) is 24.8 Å². The van der Waals surface area contributed by atoms with E-state index in [1.54, 1.807) is 11.9 Å². The van der Waals surface area contributed by atoms with Gasteiger partial charge in [-0.25, -0.2) is 0 Å². The number of amides is 1. The Balaban J connectivity index is 1.03. The molecule has 38 heavy (non-hydrogen) atoms. The summed E-state index contributed by atoms with van der Waals surface area (Å²) in [6.07, 6.45) is 2.79. The van der Waals surface area contributed by atoms with Crippen LogP contribution in [0.25, 0.3) is 11.1 Å². The van der Waals surface area contributed by atoms with Crippen molar-refractivity contribution in [3.63, 3.8) is 0 Å². The van der Waals surface area contributed by atoms with Crippen LogP contribution in [-0.2, 0) is 14.9 Å². The van der Waals surface area contributed by atoms with Crippen molar-refractivity contribution in [1.29, 1.82) is 0 Å². The Morgan fingerprint density at radius 3 is 2.55 bits per heavy atom. The average molecular weight is 532 g/mol. The minimum atomic E-state index is -0.495. The molecule has 3 aliphatic rings. The molecule has 0 atom stereocenters. The van der Waals surface area contributed by atoms with Gasteiger partial charge >= 0.3 is 0 Å². The molecule has 0 bridgehead atoms. The second-order valence-electron chi connectivity index (χ2n) is 10.0. The molecular formula is C30H33N3O4S. The highest BCUT2D eigenvalue weighted by molar-refractivity contribution is 7.97. The molecule has 2 fully saturated rings. The molecule has 1 saturated carbocycles. The minimum absolute atomic E-state index is 0.0277. The zero-order valence-corrected chi connectivity index (χ0v) is 22.2. The van der Waals surface area contributed by atoms with Crippen molar-refractivity contribution in [1.82, 2.24) is 9.62 Å². The van der Waals surface area contributed by atoms with Gasteiger partial charge in [0.2, 0.25) is 12.7 Å². The fourth-order valence-corrected chi connectivity index (χ4v) is 5.73. The number of anilines is 1. The lowest BCUT2D eigenvalue weighted by atomic mass is 9.94. The second-order valence-corrected chi connectivity index (χ2v) is 11.0. The van der Waals surface area contributed by atoms with Gasteiger partial charge in [0, 0.05) is 30.2 Å². The van der Waals surface area contributed by atoms with Crippen molar-refractivity contribution in [2.45, 2.75) is 29.6 Å². The molecule has 0 spiro atoms. The second kappa shape index (κ2) is 11.4. The number of hydrogen-bond acceptors (Lipinski definition) is 7. The first-order valence-electron chi connectivity index (χ1n) is 13.3. The highest BCUT2D eigenvalue weighted by Crippen LogP contribution is 2.51. The smallest absolute Gasteiger partial charge is 0.235 e. The summed E-state index contributed by atoms with van der Waals surface area (Å²) in [4.78, 5) is 17.0. The summed E-state index contributed by atoms with van der Waals surface area (Å²) in [6.45, 7) is 6.11. The molecule has 2 N–H and O–H groups in total. The van der Waals surface area contributed by atoms with Crippen LogP contribution < -0.4 is 19.5 Å². The van der Waals surface area contributed by atoms with Crippen LogP contribution in [0.2, 0.25) is 0 Å². The Morgan fingerprint density at radius 1 is 0.921 bits per heavy atom. The summed E-state index contributed by atoms with van der Waals surface area (Å²) < 4.78 is 19.8. The third-order valence-electron chi connectivity index (χ3n) is 7.46. The third-order valence-corrected chi connectivity index (χ3v) is 8.32. The molecule has 3 aromatic rings. The van der Waals surface area contributed by atoms with Crippen molar-refractivity contribution < 1.29 is 19.0 Å². The predicted molar refractivity (Wildman–Crippen MR) is 150 cm³/mol. The molecule has 0 radical (unpaired) electrons. The SMILES string of the molecule is O=C(Nc1cccc(-c2ccc(SNCCCN3CCOCC3)cc2)c1)C1(c2ccc3c(c2)OCO3)CC1. The van der Waals surface area contributed by atoms with Gasteiger partial charge in [-0.05, 0) is 90.8 Å². The number of nitrogens with zero attached hydrogens (tertiary/aromatic N) is 1. The summed E-state index contributed by atoms with van der Waals surface area (Å²) in [5.74, 6) is 1.48. The van der Waals surface area contributed by atoms with Crippen LogP contribution in [0.3, 0.4) is 0 Å². The minimum Gasteiger partial charge on any atom is -0.454 e. The molecule has 1 aliphatic carbocycles. The number of ether oxygens (including phenoxy) is 3. The number of benzene rings is 3. The number of hydrogen-bond donors (Lipinski definition) is 2. The zero-order chi connectivity index (χ0) is 25.8. The largest absolute Gasteiger partial charge is 0.454 e. The van der Waals surface area contributed by atoms with E-state index in [2.05, 4.69) is 45.3 Å². The van der Waals surface area contributed by atoms with E-state index in [1.807, 2.05) is 36.4 Å². The molecule has 0 aromatic heterocycles. The van der Waals surface area contributed by atoms with Gasteiger partial charge in [-0.1, -0.05) is 30.3 Å². The number of morpholine rings is 1. The fraction of sp³-hybridized carbons (Fsp3) is 0.367. The molecule has 2 heterocycles. The highest BCUT2D eigenvalue weighted by Gasteiger charge is 2.51. The molecule has 7 nitrogen and oxygen atoms in total. The van der Waals surface area contributed by atoms with E-state index in [-0.39, 0.29) is 12.7 Å². The molecule has 6 rings (SSSR count). The van der Waals surface area contributed by atoms with Crippen LogP contribution in [0.4, 0.5) is 5.69 Å². The Morgan fingerprint density at radius 2 is 1.74 bits per heavy atom. The van der Waals surface area contributed by atoms with Crippen LogP contribution in [-0.4, -0.2) is 57.0 Å². The van der Waals surface area contributed by atoms with Crippen LogP contribution >= 0.6 is 11.9 Å². The van der Waals surface area contributed by atoms with Gasteiger partial charge in [-0.3, -0.25) is 14.4 Å². The van der Waals surface area contributed by atoms with E-state index in [9.17, 15) is 4.79 Å². The lowest BCUT2D eigenvalue weighted by Gasteiger charge is -2.26. The molecule has 2 aliphatic heterocycles. The first kappa shape index (κ1) is 25.2. The van der Waals surface area contributed by atoms with Crippen molar-refractivity contribution in [3.8, 4) is 22.6 Å². The average Bonchev–Trinajstić information content (AvgIpc) is 3.64. The maximum atomic E-state index is 13.3. The monoisotopic (exact) mass is 531 g/mol. The van der Waals surface area contributed by atoms with Gasteiger partial charge in [0.1, 0.15) is 0 Å². The number of carbonyl (C=O) groups is 1. The van der Waals surface area contributed by atoms with Crippen molar-refractivity contribution in [2.24, 2.45) is 0 Å². The summed E-state index contributed by atoms with van der Waals surface area (Å²) in [5.41, 5.74) is 3.49. The Hall–Kier alpha value is -3.04. The fourth-order valence-electron chi connectivity index (χ4n) is 5.04. The summed E-state index contributed by atoms with van der Waals surface area (Å²) >= 11 is 1.67. The zero-order valence-electron chi connectivity index (χ0n) is 21.4. The van der Waals surface area contributed by atoms with Crippen LogP contribution in [0, 0.1) is 0 Å². The van der Waals surface area contributed by atoms with Gasteiger partial charge in [0.05, 0.1) is 18.6 Å². The first-order chi connectivity index (χ1) is 18.7. The van der Waals surface area contributed by atoms with E-state index < -0.39 is 5.41 Å². The van der Waals surface area contributed by atoms with Gasteiger partial charge in [0.25, 0.3) is 0 Å². The van der Waals surface area contributed by atoms with E-state index in [1.165, 1.54) is 4.90 Å². The van der Waals surface area contributed by atoms with Crippen molar-refractivity contribution in [2.75, 3.05) is 51.5 Å². The van der Waals surface area contributed by atoms with E-state index >= 15 is 0 Å². The number of rotatable bonds is 10. The third kappa shape index (κ3) is 5.68. The molecule has 198 valence electrons. The summed E-state index contributed by atoms with van der Waals surface area (Å²) in [5, 5.41) is 3.16. The lowest BCUT2D eigenvalue weighted by molar-refractivity contribution is -0.118. The van der Waals surface area contributed by atoms with Gasteiger partial charge in [0.15, 0.2) is 11.5 Å². The van der Waals surface area contributed by atoms with E-state index in [4.69, 9.17) is 14.2 Å². The van der Waals surface area contributed by atoms with Gasteiger partial charge < -0.3 is 19.5 Å². The Kier molecular flexibility index (Phi) is 7.56. The molecule has 3 aromatic carbocycles. The summed E-state index contributed by atoms with van der Waals surface area (Å²) in [6, 6.07) is 22.4. The Labute approximate surface area is 228 Å². The number of carbonyl (C=O) groups excluding carboxylic acids is 1. The number of nitrogens with one attached hydrogen (secondary N) is 2. The Bertz CT molecular complexity index is 1270. The maximum Gasteiger partial charge on any atom is 0.235 e. The van der Waals surface area contributed by atoms with Crippen molar-refractivity contribution in [3.05, 3.63) is 72.3 Å². The number of fused-ring (bicyclic) bond motifs is 1. The highest BCUT2D eigenvalue weighted by atomic mass is 32.2. The molecular weight excluding hydrogens is 498 g/mol. The van der Waals surface area contributed by atoms with Crippen molar-refractivity contribution >= 4 is 23.5 Å². The molecule has 8 heteroatoms. The topological polar surface area (TPSA) is 72.1 Å². The quantitative estimate of drug-likeness (QED) is 0.280. The lowest BCUT2D eigenvalue weighted by Crippen LogP contribution is -2.37. The summed E-state index contributed by atoms with van der Waals surface area (Å²) in [7, 11) is 0. The maximum absolute atomic E-state index is 13.3. The standard InChI is InChI=1S/C30H33N3O4S/c34-29(30(11-12-30)24-7-10-27-28(20-24)37-21-36-27)32-25-4-1-3-23(19-25)22-5-8-26(9-6-22)38-31-13-2-14-33-15-17-35-18-16-33/h1,3-10,19-20,31H,2,11-18,21H2,(H,32,34). The van der Waals surface area contributed by atoms with Gasteiger partial charge in [-0.15, -0.1) is 0 Å². The van der Waals surface area contributed by atoms with Gasteiger partial charge in [-0.2, -0.15) is 0 Å². The normalized spacial score (nSPS) is 17.8. The first-order valence-corrected chi connectivity index (χ1v) is 14.1. The predicted octanol–water partition coefficient (Wildman–Crippen LogP) is 5.07. The van der Waals surface area contributed by atoms with E-state index in [0.29, 0.717) is 5.75 Å². The van der Waals surface area contributed by atoms with E-state index in [0.717, 1.165) is 86.8 Å². The van der Waals surface area contributed by atoms with Crippen LogP contribution in [0.5, 0.6) is 11.5 Å². The molecule has 0 unspecified atom stereocenters. The molecule has 1 amide bonds. The van der Waals surface area contributed by atoms with Crippen LogP contribution in [0.15, 0.2) is 71.6 Å². The molecule has 1 saturated heterocycles.